The van der Waals surface area contributed by atoms with Crippen molar-refractivity contribution in [2.75, 3.05) is 13.1 Å². The number of alkyl halides is 1. The van der Waals surface area contributed by atoms with Gasteiger partial charge in [0.15, 0.2) is 5.67 Å². The van der Waals surface area contributed by atoms with Crippen LogP contribution >= 0.6 is 0 Å². The fourth-order valence-electron chi connectivity index (χ4n) is 1.80. The summed E-state index contributed by atoms with van der Waals surface area (Å²) in [6.45, 7) is 0.426. The van der Waals surface area contributed by atoms with E-state index in [0.29, 0.717) is 6.54 Å². The molecule has 1 fully saturated rings. The zero-order valence-electron chi connectivity index (χ0n) is 7.49. The van der Waals surface area contributed by atoms with Gasteiger partial charge in [-0.1, -0.05) is 6.07 Å². The van der Waals surface area contributed by atoms with Gasteiger partial charge in [-0.3, -0.25) is 0 Å². The Morgan fingerprint density at radius 1 is 1.21 bits per heavy atom. The Bertz CT molecular complexity index is 325. The Morgan fingerprint density at radius 3 is 2.36 bits per heavy atom. The molecule has 1 aromatic carbocycles. The summed E-state index contributed by atoms with van der Waals surface area (Å²) in [6, 6.07) is 3.40. The number of hydrogen-bond acceptors (Lipinski definition) is 1. The van der Waals surface area contributed by atoms with Crippen LogP contribution in [-0.4, -0.2) is 13.1 Å². The second-order valence-electron chi connectivity index (χ2n) is 3.49. The molecule has 1 aliphatic rings. The van der Waals surface area contributed by atoms with E-state index in [1.807, 2.05) is 0 Å². The SMILES string of the molecule is Fc1cccc(F)c1C1(F)CCNC1. The third-order valence-electron chi connectivity index (χ3n) is 2.51. The van der Waals surface area contributed by atoms with E-state index in [0.717, 1.165) is 12.1 Å². The van der Waals surface area contributed by atoms with Gasteiger partial charge in [-0.15, -0.1) is 0 Å². The normalized spacial score (nSPS) is 26.8. The molecule has 76 valence electrons. The molecule has 0 amide bonds. The van der Waals surface area contributed by atoms with Gasteiger partial charge in [0.25, 0.3) is 0 Å². The van der Waals surface area contributed by atoms with Gasteiger partial charge in [-0.2, -0.15) is 0 Å². The smallest absolute Gasteiger partial charge is 0.155 e. The van der Waals surface area contributed by atoms with Crippen molar-refractivity contribution >= 4 is 0 Å². The molecule has 0 radical (unpaired) electrons. The van der Waals surface area contributed by atoms with E-state index in [1.54, 1.807) is 0 Å². The molecular formula is C10H10F3N. The van der Waals surface area contributed by atoms with Crippen molar-refractivity contribution in [2.24, 2.45) is 0 Å². The number of rotatable bonds is 1. The van der Waals surface area contributed by atoms with Crippen molar-refractivity contribution in [3.05, 3.63) is 35.4 Å². The van der Waals surface area contributed by atoms with Crippen molar-refractivity contribution in [1.29, 1.82) is 0 Å². The molecule has 1 saturated heterocycles. The fourth-order valence-corrected chi connectivity index (χ4v) is 1.80. The number of benzene rings is 1. The first-order valence-electron chi connectivity index (χ1n) is 4.48. The molecule has 0 aromatic heterocycles. The van der Waals surface area contributed by atoms with E-state index in [9.17, 15) is 13.2 Å². The monoisotopic (exact) mass is 201 g/mol. The third-order valence-corrected chi connectivity index (χ3v) is 2.51. The van der Waals surface area contributed by atoms with Crippen LogP contribution in [0, 0.1) is 11.6 Å². The lowest BCUT2D eigenvalue weighted by molar-refractivity contribution is 0.179. The molecule has 4 heteroatoms. The average molecular weight is 201 g/mol. The summed E-state index contributed by atoms with van der Waals surface area (Å²) in [6.07, 6.45) is 0.116. The highest BCUT2D eigenvalue weighted by Gasteiger charge is 2.40. The minimum Gasteiger partial charge on any atom is -0.313 e. The average Bonchev–Trinajstić information content (AvgIpc) is 2.52. The second kappa shape index (κ2) is 3.28. The van der Waals surface area contributed by atoms with Crippen LogP contribution in [0.3, 0.4) is 0 Å². The van der Waals surface area contributed by atoms with Gasteiger partial charge in [0.05, 0.1) is 5.56 Å². The summed E-state index contributed by atoms with van der Waals surface area (Å²) in [4.78, 5) is 0. The molecule has 1 aliphatic heterocycles. The van der Waals surface area contributed by atoms with Crippen LogP contribution in [0.25, 0.3) is 0 Å². The van der Waals surface area contributed by atoms with E-state index in [2.05, 4.69) is 5.32 Å². The van der Waals surface area contributed by atoms with Gasteiger partial charge < -0.3 is 5.32 Å². The Kier molecular flexibility index (Phi) is 2.23. The topological polar surface area (TPSA) is 12.0 Å². The van der Waals surface area contributed by atoms with Gasteiger partial charge >= 0.3 is 0 Å². The minimum absolute atomic E-state index is 0.0230. The molecule has 1 nitrogen and oxygen atoms in total. The predicted molar refractivity (Wildman–Crippen MR) is 46.6 cm³/mol. The molecule has 0 bridgehead atoms. The second-order valence-corrected chi connectivity index (χ2v) is 3.49. The fraction of sp³-hybridized carbons (Fsp3) is 0.400. The molecule has 0 spiro atoms. The Balaban J connectivity index is 2.49. The summed E-state index contributed by atoms with van der Waals surface area (Å²) < 4.78 is 40.5. The predicted octanol–water partition coefficient (Wildman–Crippen LogP) is 2.12. The number of nitrogens with one attached hydrogen (secondary N) is 1. The van der Waals surface area contributed by atoms with Crippen LogP contribution in [0.4, 0.5) is 13.2 Å². The zero-order chi connectivity index (χ0) is 10.2. The summed E-state index contributed by atoms with van der Waals surface area (Å²) in [7, 11) is 0. The van der Waals surface area contributed by atoms with Crippen LogP contribution in [0.1, 0.15) is 12.0 Å². The minimum atomic E-state index is -1.89. The maximum absolute atomic E-state index is 14.0. The molecular weight excluding hydrogens is 191 g/mol. The highest BCUT2D eigenvalue weighted by molar-refractivity contribution is 5.28. The molecule has 1 heterocycles. The van der Waals surface area contributed by atoms with Gasteiger partial charge in [0.1, 0.15) is 11.6 Å². The molecule has 1 unspecified atom stereocenters. The van der Waals surface area contributed by atoms with Crippen molar-refractivity contribution in [2.45, 2.75) is 12.1 Å². The van der Waals surface area contributed by atoms with Crippen LogP contribution in [0.2, 0.25) is 0 Å². The molecule has 1 atom stereocenters. The highest BCUT2D eigenvalue weighted by Crippen LogP contribution is 2.35. The van der Waals surface area contributed by atoms with Gasteiger partial charge in [0.2, 0.25) is 0 Å². The van der Waals surface area contributed by atoms with Crippen LogP contribution in [-0.2, 0) is 5.67 Å². The van der Waals surface area contributed by atoms with Gasteiger partial charge in [0, 0.05) is 6.54 Å². The van der Waals surface area contributed by atoms with Crippen molar-refractivity contribution in [1.82, 2.24) is 5.32 Å². The summed E-state index contributed by atoms with van der Waals surface area (Å²) >= 11 is 0. The lowest BCUT2D eigenvalue weighted by atomic mass is 9.94. The molecule has 0 saturated carbocycles. The van der Waals surface area contributed by atoms with Crippen LogP contribution in [0.5, 0.6) is 0 Å². The number of halogens is 3. The van der Waals surface area contributed by atoms with E-state index in [1.165, 1.54) is 6.07 Å². The Hall–Kier alpha value is -1.03. The first-order valence-corrected chi connectivity index (χ1v) is 4.48. The zero-order valence-corrected chi connectivity index (χ0v) is 7.49. The Labute approximate surface area is 79.9 Å². The van der Waals surface area contributed by atoms with E-state index in [4.69, 9.17) is 0 Å². The standard InChI is InChI=1S/C10H10F3N/c11-7-2-1-3-8(12)9(7)10(13)4-5-14-6-10/h1-3,14H,4-6H2. The first kappa shape index (κ1) is 9.52. The summed E-state index contributed by atoms with van der Waals surface area (Å²) in [5, 5.41) is 2.76. The van der Waals surface area contributed by atoms with Crippen molar-refractivity contribution < 1.29 is 13.2 Å². The molecule has 14 heavy (non-hydrogen) atoms. The van der Waals surface area contributed by atoms with E-state index < -0.39 is 22.9 Å². The van der Waals surface area contributed by atoms with Gasteiger partial charge in [-0.25, -0.2) is 13.2 Å². The Morgan fingerprint density at radius 2 is 1.86 bits per heavy atom. The van der Waals surface area contributed by atoms with Gasteiger partial charge in [-0.05, 0) is 25.1 Å². The van der Waals surface area contributed by atoms with Crippen LogP contribution < -0.4 is 5.32 Å². The van der Waals surface area contributed by atoms with E-state index >= 15 is 0 Å². The van der Waals surface area contributed by atoms with Crippen molar-refractivity contribution in [3.63, 3.8) is 0 Å². The molecule has 0 aliphatic carbocycles. The third kappa shape index (κ3) is 1.39. The number of hydrogen-bond donors (Lipinski definition) is 1. The lowest BCUT2D eigenvalue weighted by Gasteiger charge is -2.19. The highest BCUT2D eigenvalue weighted by atomic mass is 19.2. The lowest BCUT2D eigenvalue weighted by Crippen LogP contribution is -2.26. The van der Waals surface area contributed by atoms with E-state index in [-0.39, 0.29) is 13.0 Å². The largest absolute Gasteiger partial charge is 0.313 e. The molecule has 1 N–H and O–H groups in total. The van der Waals surface area contributed by atoms with Crippen molar-refractivity contribution in [3.8, 4) is 0 Å². The quantitative estimate of drug-likeness (QED) is 0.733. The maximum atomic E-state index is 14.0. The summed E-state index contributed by atoms with van der Waals surface area (Å²) in [5.74, 6) is -1.62. The molecule has 1 aromatic rings. The van der Waals surface area contributed by atoms with Crippen LogP contribution in [0.15, 0.2) is 18.2 Å². The molecule has 2 rings (SSSR count). The summed E-state index contributed by atoms with van der Waals surface area (Å²) in [5.41, 5.74) is -2.33. The maximum Gasteiger partial charge on any atom is 0.155 e. The first-order chi connectivity index (χ1) is 6.63.